The summed E-state index contributed by atoms with van der Waals surface area (Å²) in [6.07, 6.45) is 0. The SMILES string of the molecule is Cc1cc(NC(=O)c2ccc(F)cc2)nn1Cc1ccc(Cl)cc1Cl. The Balaban J connectivity index is 1.75. The first-order chi connectivity index (χ1) is 11.9. The molecule has 3 rings (SSSR count). The van der Waals surface area contributed by atoms with Crippen LogP contribution in [-0.4, -0.2) is 15.7 Å². The first-order valence-electron chi connectivity index (χ1n) is 7.47. The minimum atomic E-state index is -0.392. The number of rotatable bonds is 4. The van der Waals surface area contributed by atoms with Crippen molar-refractivity contribution in [2.24, 2.45) is 0 Å². The molecule has 0 aliphatic heterocycles. The molecule has 0 atom stereocenters. The van der Waals surface area contributed by atoms with E-state index in [1.807, 2.05) is 13.0 Å². The number of hydrogen-bond donors (Lipinski definition) is 1. The van der Waals surface area contributed by atoms with Gasteiger partial charge in [-0.05, 0) is 48.9 Å². The van der Waals surface area contributed by atoms with E-state index in [0.717, 1.165) is 11.3 Å². The summed E-state index contributed by atoms with van der Waals surface area (Å²) in [6, 6.07) is 12.3. The molecule has 0 unspecified atom stereocenters. The lowest BCUT2D eigenvalue weighted by molar-refractivity contribution is 0.102. The Morgan fingerprint density at radius 2 is 1.88 bits per heavy atom. The topological polar surface area (TPSA) is 46.9 Å². The Kier molecular flexibility index (Phi) is 5.06. The Bertz CT molecular complexity index is 923. The van der Waals surface area contributed by atoms with Crippen LogP contribution in [0.3, 0.4) is 0 Å². The third-order valence-electron chi connectivity index (χ3n) is 3.66. The van der Waals surface area contributed by atoms with Gasteiger partial charge >= 0.3 is 0 Å². The lowest BCUT2D eigenvalue weighted by atomic mass is 10.2. The number of carbonyl (C=O) groups is 1. The highest BCUT2D eigenvalue weighted by atomic mass is 35.5. The molecule has 0 fully saturated rings. The van der Waals surface area contributed by atoms with Crippen molar-refractivity contribution in [1.82, 2.24) is 9.78 Å². The van der Waals surface area contributed by atoms with Crippen LogP contribution in [0.5, 0.6) is 0 Å². The second-order valence-corrected chi connectivity index (χ2v) is 6.37. The Morgan fingerprint density at radius 1 is 1.16 bits per heavy atom. The average molecular weight is 378 g/mol. The van der Waals surface area contributed by atoms with Crippen LogP contribution in [0.2, 0.25) is 10.0 Å². The molecular weight excluding hydrogens is 364 g/mol. The van der Waals surface area contributed by atoms with E-state index in [2.05, 4.69) is 10.4 Å². The summed E-state index contributed by atoms with van der Waals surface area (Å²) < 4.78 is 14.7. The zero-order chi connectivity index (χ0) is 18.0. The zero-order valence-electron chi connectivity index (χ0n) is 13.3. The van der Waals surface area contributed by atoms with Gasteiger partial charge in [0.25, 0.3) is 5.91 Å². The summed E-state index contributed by atoms with van der Waals surface area (Å²) >= 11 is 12.1. The smallest absolute Gasteiger partial charge is 0.256 e. The minimum Gasteiger partial charge on any atom is -0.305 e. The average Bonchev–Trinajstić information content (AvgIpc) is 2.90. The van der Waals surface area contributed by atoms with Gasteiger partial charge in [-0.3, -0.25) is 9.48 Å². The molecule has 0 aliphatic rings. The number of carbonyl (C=O) groups excluding carboxylic acids is 1. The molecular formula is C18H14Cl2FN3O. The van der Waals surface area contributed by atoms with E-state index >= 15 is 0 Å². The lowest BCUT2D eigenvalue weighted by Crippen LogP contribution is -2.13. The number of benzene rings is 2. The van der Waals surface area contributed by atoms with Crippen molar-refractivity contribution >= 4 is 34.9 Å². The number of aromatic nitrogens is 2. The quantitative estimate of drug-likeness (QED) is 0.699. The Labute approximate surface area is 154 Å². The van der Waals surface area contributed by atoms with Gasteiger partial charge in [-0.25, -0.2) is 4.39 Å². The van der Waals surface area contributed by atoms with Crippen LogP contribution in [0.1, 0.15) is 21.6 Å². The van der Waals surface area contributed by atoms with Crippen LogP contribution < -0.4 is 5.32 Å². The normalized spacial score (nSPS) is 10.7. The van der Waals surface area contributed by atoms with Crippen molar-refractivity contribution < 1.29 is 9.18 Å². The second kappa shape index (κ2) is 7.25. The molecule has 0 bridgehead atoms. The number of halogens is 3. The van der Waals surface area contributed by atoms with E-state index in [0.29, 0.717) is 28.0 Å². The number of nitrogens with one attached hydrogen (secondary N) is 1. The van der Waals surface area contributed by atoms with Crippen molar-refractivity contribution in [2.45, 2.75) is 13.5 Å². The molecule has 4 nitrogen and oxygen atoms in total. The predicted octanol–water partition coefficient (Wildman–Crippen LogP) is 4.94. The molecule has 0 aliphatic carbocycles. The maximum absolute atomic E-state index is 12.9. The molecule has 1 aromatic heterocycles. The van der Waals surface area contributed by atoms with E-state index in [9.17, 15) is 9.18 Å². The number of nitrogens with zero attached hydrogens (tertiary/aromatic N) is 2. The molecule has 0 saturated carbocycles. The number of amides is 1. The molecule has 1 amide bonds. The van der Waals surface area contributed by atoms with E-state index in [4.69, 9.17) is 23.2 Å². The first-order valence-corrected chi connectivity index (χ1v) is 8.23. The van der Waals surface area contributed by atoms with Crippen LogP contribution in [0.15, 0.2) is 48.5 Å². The Morgan fingerprint density at radius 3 is 2.56 bits per heavy atom. The van der Waals surface area contributed by atoms with Gasteiger partial charge in [0.05, 0.1) is 6.54 Å². The van der Waals surface area contributed by atoms with Crippen LogP contribution in [0.25, 0.3) is 0 Å². The number of hydrogen-bond acceptors (Lipinski definition) is 2. The molecule has 128 valence electrons. The second-order valence-electron chi connectivity index (χ2n) is 5.53. The van der Waals surface area contributed by atoms with Crippen molar-refractivity contribution in [2.75, 3.05) is 5.32 Å². The molecule has 2 aromatic carbocycles. The third kappa shape index (κ3) is 4.18. The lowest BCUT2D eigenvalue weighted by Gasteiger charge is -2.07. The van der Waals surface area contributed by atoms with Crippen LogP contribution in [-0.2, 0) is 6.54 Å². The van der Waals surface area contributed by atoms with Crippen molar-refractivity contribution in [3.63, 3.8) is 0 Å². The maximum atomic E-state index is 12.9. The first kappa shape index (κ1) is 17.5. The fourth-order valence-corrected chi connectivity index (χ4v) is 2.80. The van der Waals surface area contributed by atoms with Gasteiger partial charge in [0.1, 0.15) is 5.82 Å². The fraction of sp³-hybridized carbons (Fsp3) is 0.111. The summed E-state index contributed by atoms with van der Waals surface area (Å²) in [5, 5.41) is 8.19. The van der Waals surface area contributed by atoms with Gasteiger partial charge in [0.2, 0.25) is 0 Å². The highest BCUT2D eigenvalue weighted by Gasteiger charge is 2.11. The number of aryl methyl sites for hydroxylation is 1. The number of anilines is 1. The third-order valence-corrected chi connectivity index (χ3v) is 4.25. The highest BCUT2D eigenvalue weighted by molar-refractivity contribution is 6.35. The van der Waals surface area contributed by atoms with E-state index < -0.39 is 5.82 Å². The van der Waals surface area contributed by atoms with E-state index in [1.165, 1.54) is 24.3 Å². The molecule has 1 heterocycles. The van der Waals surface area contributed by atoms with E-state index in [-0.39, 0.29) is 5.91 Å². The summed E-state index contributed by atoms with van der Waals surface area (Å²) in [6.45, 7) is 2.33. The van der Waals surface area contributed by atoms with Crippen molar-refractivity contribution in [3.05, 3.63) is 81.2 Å². The molecule has 1 N–H and O–H groups in total. The highest BCUT2D eigenvalue weighted by Crippen LogP contribution is 2.22. The fourth-order valence-electron chi connectivity index (χ4n) is 2.33. The van der Waals surface area contributed by atoms with Crippen molar-refractivity contribution in [3.8, 4) is 0 Å². The molecule has 7 heteroatoms. The van der Waals surface area contributed by atoms with Crippen molar-refractivity contribution in [1.29, 1.82) is 0 Å². The van der Waals surface area contributed by atoms with Gasteiger partial charge in [-0.2, -0.15) is 5.10 Å². The standard InChI is InChI=1S/C18H14Cl2FN3O/c1-11-8-17(22-18(25)12-3-6-15(21)7-4-12)23-24(11)10-13-2-5-14(19)9-16(13)20/h2-9H,10H2,1H3,(H,22,23,25). The van der Waals surface area contributed by atoms with Crippen LogP contribution in [0, 0.1) is 12.7 Å². The summed E-state index contributed by atoms with van der Waals surface area (Å²) in [5.41, 5.74) is 2.09. The minimum absolute atomic E-state index is 0.353. The monoisotopic (exact) mass is 377 g/mol. The van der Waals surface area contributed by atoms with Crippen LogP contribution >= 0.6 is 23.2 Å². The Hall–Kier alpha value is -2.37. The molecule has 25 heavy (non-hydrogen) atoms. The predicted molar refractivity (Wildman–Crippen MR) is 96.9 cm³/mol. The van der Waals surface area contributed by atoms with Gasteiger partial charge in [0.15, 0.2) is 5.82 Å². The molecule has 0 saturated heterocycles. The molecule has 3 aromatic rings. The maximum Gasteiger partial charge on any atom is 0.256 e. The summed E-state index contributed by atoms with van der Waals surface area (Å²) in [5.74, 6) is -0.331. The summed E-state index contributed by atoms with van der Waals surface area (Å²) in [7, 11) is 0. The zero-order valence-corrected chi connectivity index (χ0v) is 14.8. The van der Waals surface area contributed by atoms with Gasteiger partial charge in [0, 0.05) is 27.4 Å². The molecule has 0 spiro atoms. The van der Waals surface area contributed by atoms with Gasteiger partial charge in [-0.1, -0.05) is 29.3 Å². The van der Waals surface area contributed by atoms with Gasteiger partial charge < -0.3 is 5.32 Å². The molecule has 0 radical (unpaired) electrons. The largest absolute Gasteiger partial charge is 0.305 e. The van der Waals surface area contributed by atoms with Crippen LogP contribution in [0.4, 0.5) is 10.2 Å². The van der Waals surface area contributed by atoms with E-state index in [1.54, 1.807) is 22.9 Å². The summed E-state index contributed by atoms with van der Waals surface area (Å²) in [4.78, 5) is 12.2. The van der Waals surface area contributed by atoms with Gasteiger partial charge in [-0.15, -0.1) is 0 Å².